The molecule has 0 radical (unpaired) electrons. The minimum atomic E-state index is -0.656. The van der Waals surface area contributed by atoms with E-state index in [0.29, 0.717) is 0 Å². The van der Waals surface area contributed by atoms with Gasteiger partial charge in [0.05, 0.1) is 23.8 Å². The Hall–Kier alpha value is -1.89. The van der Waals surface area contributed by atoms with Gasteiger partial charge in [0.15, 0.2) is 11.6 Å². The van der Waals surface area contributed by atoms with E-state index >= 15 is 0 Å². The zero-order valence-electron chi connectivity index (χ0n) is 11.5. The number of hydrogen-bond acceptors (Lipinski definition) is 5. The second kappa shape index (κ2) is 6.04. The summed E-state index contributed by atoms with van der Waals surface area (Å²) in [6.45, 7) is 2.97. The van der Waals surface area contributed by atoms with Gasteiger partial charge >= 0.3 is 5.69 Å². The van der Waals surface area contributed by atoms with Crippen molar-refractivity contribution in [3.63, 3.8) is 0 Å². The van der Waals surface area contributed by atoms with Gasteiger partial charge in [-0.05, 0) is 26.3 Å². The number of halogens is 1. The van der Waals surface area contributed by atoms with Crippen LogP contribution in [0.25, 0.3) is 0 Å². The van der Waals surface area contributed by atoms with Crippen molar-refractivity contribution in [2.24, 2.45) is 0 Å². The van der Waals surface area contributed by atoms with E-state index in [2.05, 4.69) is 10.6 Å². The van der Waals surface area contributed by atoms with Crippen LogP contribution in [0.4, 0.5) is 15.8 Å². The summed E-state index contributed by atoms with van der Waals surface area (Å²) in [4.78, 5) is 10.2. The third-order valence-corrected chi connectivity index (χ3v) is 3.57. The Bertz CT molecular complexity index is 510. The van der Waals surface area contributed by atoms with Gasteiger partial charge in [0, 0.05) is 18.2 Å². The number of rotatable bonds is 4. The lowest BCUT2D eigenvalue weighted by molar-refractivity contribution is -0.385. The summed E-state index contributed by atoms with van der Waals surface area (Å²) in [5.74, 6) is -0.592. The molecule has 1 aromatic carbocycles. The maximum absolute atomic E-state index is 14.0. The highest BCUT2D eigenvalue weighted by molar-refractivity contribution is 5.59. The molecule has 1 aromatic rings. The highest BCUT2D eigenvalue weighted by atomic mass is 19.1. The fourth-order valence-electron chi connectivity index (χ4n) is 2.40. The molecule has 0 aliphatic carbocycles. The molecular weight excluding hydrogens is 265 g/mol. The summed E-state index contributed by atoms with van der Waals surface area (Å²) in [7, 11) is 1.33. The Morgan fingerprint density at radius 2 is 2.30 bits per heavy atom. The molecular formula is C13H18FN3O3. The van der Waals surface area contributed by atoms with E-state index in [1.54, 1.807) is 0 Å². The standard InChI is InChI=1S/C13H18FN3O3/c1-8-10(4-3-5-15-8)16-11-7-13(20-2)12(17(18)19)6-9(11)14/h6-8,10,15-16H,3-5H2,1-2H3. The van der Waals surface area contributed by atoms with Crippen LogP contribution in [0.15, 0.2) is 12.1 Å². The molecule has 0 amide bonds. The van der Waals surface area contributed by atoms with Gasteiger partial charge < -0.3 is 15.4 Å². The molecule has 20 heavy (non-hydrogen) atoms. The average Bonchev–Trinajstić information content (AvgIpc) is 2.42. The highest BCUT2D eigenvalue weighted by Crippen LogP contribution is 2.33. The Morgan fingerprint density at radius 3 is 2.90 bits per heavy atom. The minimum Gasteiger partial charge on any atom is -0.490 e. The van der Waals surface area contributed by atoms with Gasteiger partial charge in [-0.25, -0.2) is 4.39 Å². The molecule has 1 aliphatic rings. The lowest BCUT2D eigenvalue weighted by atomic mass is 9.99. The Kier molecular flexibility index (Phi) is 4.39. The summed E-state index contributed by atoms with van der Waals surface area (Å²) in [6.07, 6.45) is 1.93. The van der Waals surface area contributed by atoms with Crippen molar-refractivity contribution in [2.75, 3.05) is 19.0 Å². The molecule has 0 bridgehead atoms. The number of piperidine rings is 1. The summed E-state index contributed by atoms with van der Waals surface area (Å²) in [6, 6.07) is 2.53. The van der Waals surface area contributed by atoms with E-state index in [9.17, 15) is 14.5 Å². The number of nitrogens with zero attached hydrogens (tertiary/aromatic N) is 1. The van der Waals surface area contributed by atoms with Crippen LogP contribution in [-0.4, -0.2) is 30.7 Å². The third kappa shape index (κ3) is 2.98. The van der Waals surface area contributed by atoms with Crippen molar-refractivity contribution in [3.8, 4) is 5.75 Å². The number of nitrogens with one attached hydrogen (secondary N) is 2. The molecule has 2 unspecified atom stereocenters. The van der Waals surface area contributed by atoms with Crippen molar-refractivity contribution >= 4 is 11.4 Å². The molecule has 1 fully saturated rings. The van der Waals surface area contributed by atoms with Crippen molar-refractivity contribution in [3.05, 3.63) is 28.1 Å². The van der Waals surface area contributed by atoms with Crippen LogP contribution < -0.4 is 15.4 Å². The highest BCUT2D eigenvalue weighted by Gasteiger charge is 2.24. The van der Waals surface area contributed by atoms with Crippen molar-refractivity contribution < 1.29 is 14.1 Å². The van der Waals surface area contributed by atoms with Crippen LogP contribution in [0.1, 0.15) is 19.8 Å². The lowest BCUT2D eigenvalue weighted by Gasteiger charge is -2.31. The molecule has 0 saturated carbocycles. The van der Waals surface area contributed by atoms with Crippen molar-refractivity contribution in [1.82, 2.24) is 5.32 Å². The topological polar surface area (TPSA) is 76.4 Å². The number of nitro benzene ring substituents is 1. The van der Waals surface area contributed by atoms with E-state index in [4.69, 9.17) is 4.74 Å². The van der Waals surface area contributed by atoms with Crippen LogP contribution in [0.2, 0.25) is 0 Å². The zero-order chi connectivity index (χ0) is 14.7. The predicted molar refractivity (Wildman–Crippen MR) is 73.7 cm³/mol. The number of hydrogen-bond donors (Lipinski definition) is 2. The molecule has 0 aromatic heterocycles. The molecule has 1 heterocycles. The summed E-state index contributed by atoms with van der Waals surface area (Å²) < 4.78 is 18.9. The van der Waals surface area contributed by atoms with Gasteiger partial charge in [-0.3, -0.25) is 10.1 Å². The van der Waals surface area contributed by atoms with Gasteiger partial charge in [-0.15, -0.1) is 0 Å². The number of benzene rings is 1. The van der Waals surface area contributed by atoms with Gasteiger partial charge in [-0.2, -0.15) is 0 Å². The van der Waals surface area contributed by atoms with E-state index in [1.165, 1.54) is 13.2 Å². The Labute approximate surface area is 116 Å². The first kappa shape index (κ1) is 14.5. The number of anilines is 1. The van der Waals surface area contributed by atoms with Gasteiger partial charge in [0.1, 0.15) is 0 Å². The fraction of sp³-hybridized carbons (Fsp3) is 0.538. The van der Waals surface area contributed by atoms with Crippen LogP contribution in [0.3, 0.4) is 0 Å². The first-order valence-electron chi connectivity index (χ1n) is 6.54. The van der Waals surface area contributed by atoms with Crippen LogP contribution in [0.5, 0.6) is 5.75 Å². The quantitative estimate of drug-likeness (QED) is 0.655. The molecule has 2 rings (SSSR count). The SMILES string of the molecule is COc1cc(NC2CCCNC2C)c(F)cc1[N+](=O)[O-]. The van der Waals surface area contributed by atoms with Crippen LogP contribution in [-0.2, 0) is 0 Å². The smallest absolute Gasteiger partial charge is 0.313 e. The minimum absolute atomic E-state index is 0.0512. The number of ether oxygens (including phenoxy) is 1. The molecule has 7 heteroatoms. The normalized spacial score (nSPS) is 22.4. The van der Waals surface area contributed by atoms with E-state index < -0.39 is 10.7 Å². The number of nitro groups is 1. The second-order valence-electron chi connectivity index (χ2n) is 4.90. The summed E-state index contributed by atoms with van der Waals surface area (Å²) >= 11 is 0. The van der Waals surface area contributed by atoms with Gasteiger partial charge in [0.2, 0.25) is 0 Å². The first-order chi connectivity index (χ1) is 9.52. The van der Waals surface area contributed by atoms with Crippen molar-refractivity contribution in [2.45, 2.75) is 31.8 Å². The molecule has 2 N–H and O–H groups in total. The lowest BCUT2D eigenvalue weighted by Crippen LogP contribution is -2.46. The van der Waals surface area contributed by atoms with Gasteiger partial charge in [0.25, 0.3) is 0 Å². The Morgan fingerprint density at radius 1 is 1.55 bits per heavy atom. The molecule has 2 atom stereocenters. The third-order valence-electron chi connectivity index (χ3n) is 3.57. The summed E-state index contributed by atoms with van der Waals surface area (Å²) in [5.41, 5.74) is -0.140. The largest absolute Gasteiger partial charge is 0.490 e. The summed E-state index contributed by atoms with van der Waals surface area (Å²) in [5, 5.41) is 17.2. The van der Waals surface area contributed by atoms with E-state index in [0.717, 1.165) is 25.5 Å². The zero-order valence-corrected chi connectivity index (χ0v) is 11.5. The Balaban J connectivity index is 2.25. The van der Waals surface area contributed by atoms with E-state index in [1.807, 2.05) is 6.92 Å². The van der Waals surface area contributed by atoms with Crippen LogP contribution in [0, 0.1) is 15.9 Å². The molecule has 6 nitrogen and oxygen atoms in total. The van der Waals surface area contributed by atoms with Crippen LogP contribution >= 0.6 is 0 Å². The molecule has 0 spiro atoms. The fourth-order valence-corrected chi connectivity index (χ4v) is 2.40. The molecule has 1 saturated heterocycles. The monoisotopic (exact) mass is 283 g/mol. The van der Waals surface area contributed by atoms with Gasteiger partial charge in [-0.1, -0.05) is 0 Å². The first-order valence-corrected chi connectivity index (χ1v) is 6.54. The predicted octanol–water partition coefficient (Wildman–Crippen LogP) is 2.29. The second-order valence-corrected chi connectivity index (χ2v) is 4.90. The molecule has 1 aliphatic heterocycles. The average molecular weight is 283 g/mol. The van der Waals surface area contributed by atoms with Crippen molar-refractivity contribution in [1.29, 1.82) is 0 Å². The number of methoxy groups -OCH3 is 1. The maximum atomic E-state index is 14.0. The molecule has 110 valence electrons. The van der Waals surface area contributed by atoms with E-state index in [-0.39, 0.29) is 29.2 Å². The maximum Gasteiger partial charge on any atom is 0.313 e.